The second-order valence-electron chi connectivity index (χ2n) is 4.68. The van der Waals surface area contributed by atoms with Crippen molar-refractivity contribution in [2.45, 2.75) is 31.8 Å². The molecule has 98 valence electrons. The number of allylic oxidation sites excluding steroid dienone is 1. The van der Waals surface area contributed by atoms with Crippen molar-refractivity contribution >= 4 is 5.69 Å². The minimum Gasteiger partial charge on any atom is -0.501 e. The summed E-state index contributed by atoms with van der Waals surface area (Å²) in [7, 11) is 1.68. The maximum Gasteiger partial charge on any atom is 0.145 e. The molecule has 0 atom stereocenters. The number of rotatable bonds is 4. The first-order valence-electron chi connectivity index (χ1n) is 6.29. The Balaban J connectivity index is 1.87. The summed E-state index contributed by atoms with van der Waals surface area (Å²) in [5, 5.41) is 0. The third kappa shape index (κ3) is 2.94. The molecule has 1 fully saturated rings. The summed E-state index contributed by atoms with van der Waals surface area (Å²) < 4.78 is 11.1. The van der Waals surface area contributed by atoms with E-state index in [-0.39, 0.29) is 6.10 Å². The number of anilines is 1. The van der Waals surface area contributed by atoms with Crippen molar-refractivity contribution in [3.05, 3.63) is 30.8 Å². The molecule has 0 amide bonds. The first-order chi connectivity index (χ1) is 8.70. The number of ether oxygens (including phenoxy) is 2. The van der Waals surface area contributed by atoms with Crippen LogP contribution in [0, 0.1) is 5.92 Å². The van der Waals surface area contributed by atoms with Crippen molar-refractivity contribution in [1.29, 1.82) is 0 Å². The molecule has 1 heterocycles. The summed E-state index contributed by atoms with van der Waals surface area (Å²) in [4.78, 5) is 3.95. The number of hydrogen-bond acceptors (Lipinski definition) is 4. The predicted octanol–water partition coefficient (Wildman–Crippen LogP) is 2.76. The molecular formula is C14H20N2O2. The molecule has 0 aliphatic heterocycles. The van der Waals surface area contributed by atoms with Crippen molar-refractivity contribution in [2.24, 2.45) is 5.92 Å². The van der Waals surface area contributed by atoms with Gasteiger partial charge in [-0.05, 0) is 25.7 Å². The Kier molecular flexibility index (Phi) is 4.07. The molecule has 0 aromatic carbocycles. The van der Waals surface area contributed by atoms with Crippen molar-refractivity contribution in [2.75, 3.05) is 12.8 Å². The lowest BCUT2D eigenvalue weighted by Crippen LogP contribution is -2.25. The van der Waals surface area contributed by atoms with Crippen LogP contribution in [0.2, 0.25) is 0 Å². The van der Waals surface area contributed by atoms with E-state index < -0.39 is 0 Å². The van der Waals surface area contributed by atoms with Gasteiger partial charge in [-0.1, -0.05) is 6.58 Å². The van der Waals surface area contributed by atoms with E-state index in [0.717, 1.165) is 37.2 Å². The van der Waals surface area contributed by atoms with Gasteiger partial charge in [0, 0.05) is 18.2 Å². The van der Waals surface area contributed by atoms with E-state index in [1.807, 2.05) is 6.07 Å². The summed E-state index contributed by atoms with van der Waals surface area (Å²) in [6, 6.07) is 1.81. The molecule has 4 heteroatoms. The van der Waals surface area contributed by atoms with Crippen LogP contribution in [0.5, 0.6) is 5.75 Å². The van der Waals surface area contributed by atoms with Crippen molar-refractivity contribution in [3.8, 4) is 5.75 Å². The Morgan fingerprint density at radius 1 is 1.39 bits per heavy atom. The van der Waals surface area contributed by atoms with Crippen LogP contribution >= 0.6 is 0 Å². The Morgan fingerprint density at radius 3 is 2.72 bits per heavy atom. The maximum absolute atomic E-state index is 5.91. The molecule has 4 nitrogen and oxygen atoms in total. The van der Waals surface area contributed by atoms with E-state index in [1.54, 1.807) is 19.5 Å². The van der Waals surface area contributed by atoms with E-state index in [2.05, 4.69) is 11.6 Å². The topological polar surface area (TPSA) is 57.4 Å². The molecule has 18 heavy (non-hydrogen) atoms. The van der Waals surface area contributed by atoms with Gasteiger partial charge in [0.05, 0.1) is 30.9 Å². The lowest BCUT2D eigenvalue weighted by atomic mass is 9.86. The van der Waals surface area contributed by atoms with Crippen molar-refractivity contribution < 1.29 is 9.47 Å². The number of hydrogen-bond donors (Lipinski definition) is 1. The minimum atomic E-state index is 0.232. The second kappa shape index (κ2) is 5.76. The largest absolute Gasteiger partial charge is 0.501 e. The van der Waals surface area contributed by atoms with Gasteiger partial charge in [-0.3, -0.25) is 4.98 Å². The van der Waals surface area contributed by atoms with E-state index in [9.17, 15) is 0 Å². The standard InChI is InChI=1S/C14H20N2O2/c1-10(17-2)11-3-5-12(6-4-11)18-14-7-8-16-9-13(14)15/h7-9,11-12H,1,3-6,15H2,2H3. The molecule has 0 saturated heterocycles. The highest BCUT2D eigenvalue weighted by Gasteiger charge is 2.25. The highest BCUT2D eigenvalue weighted by molar-refractivity contribution is 5.49. The molecule has 0 unspecified atom stereocenters. The lowest BCUT2D eigenvalue weighted by Gasteiger charge is -2.29. The number of aromatic nitrogens is 1. The van der Waals surface area contributed by atoms with Crippen molar-refractivity contribution in [1.82, 2.24) is 4.98 Å². The highest BCUT2D eigenvalue weighted by atomic mass is 16.5. The molecule has 1 aliphatic carbocycles. The zero-order valence-electron chi connectivity index (χ0n) is 10.8. The third-order valence-corrected chi connectivity index (χ3v) is 3.50. The van der Waals surface area contributed by atoms with Gasteiger partial charge in [0.15, 0.2) is 0 Å². The molecule has 1 aromatic rings. The average Bonchev–Trinajstić information content (AvgIpc) is 2.41. The molecule has 1 aromatic heterocycles. The van der Waals surface area contributed by atoms with Gasteiger partial charge >= 0.3 is 0 Å². The Labute approximate surface area is 108 Å². The van der Waals surface area contributed by atoms with Gasteiger partial charge in [-0.15, -0.1) is 0 Å². The Morgan fingerprint density at radius 2 is 2.11 bits per heavy atom. The average molecular weight is 248 g/mol. The van der Waals surface area contributed by atoms with Crippen LogP contribution in [0.4, 0.5) is 5.69 Å². The molecule has 0 spiro atoms. The van der Waals surface area contributed by atoms with Crippen LogP contribution in [0.3, 0.4) is 0 Å². The molecule has 2 N–H and O–H groups in total. The normalized spacial score (nSPS) is 23.4. The van der Waals surface area contributed by atoms with E-state index in [4.69, 9.17) is 15.2 Å². The summed E-state index contributed by atoms with van der Waals surface area (Å²) in [5.74, 6) is 2.08. The molecular weight excluding hydrogens is 228 g/mol. The molecule has 0 bridgehead atoms. The lowest BCUT2D eigenvalue weighted by molar-refractivity contribution is 0.120. The fourth-order valence-corrected chi connectivity index (χ4v) is 2.35. The fourth-order valence-electron chi connectivity index (χ4n) is 2.35. The quantitative estimate of drug-likeness (QED) is 0.832. The predicted molar refractivity (Wildman–Crippen MR) is 71.2 cm³/mol. The number of pyridine rings is 1. The number of methoxy groups -OCH3 is 1. The minimum absolute atomic E-state index is 0.232. The fraction of sp³-hybridized carbons (Fsp3) is 0.500. The number of nitrogens with two attached hydrogens (primary N) is 1. The van der Waals surface area contributed by atoms with Gasteiger partial charge in [-0.25, -0.2) is 0 Å². The Hall–Kier alpha value is -1.71. The third-order valence-electron chi connectivity index (χ3n) is 3.50. The van der Waals surface area contributed by atoms with Gasteiger partial charge in [0.2, 0.25) is 0 Å². The first kappa shape index (κ1) is 12.7. The second-order valence-corrected chi connectivity index (χ2v) is 4.68. The summed E-state index contributed by atoms with van der Waals surface area (Å²) in [5.41, 5.74) is 6.41. The zero-order valence-corrected chi connectivity index (χ0v) is 10.8. The first-order valence-corrected chi connectivity index (χ1v) is 6.29. The maximum atomic E-state index is 5.91. The van der Waals surface area contributed by atoms with Crippen LogP contribution in [0.25, 0.3) is 0 Å². The van der Waals surface area contributed by atoms with Crippen molar-refractivity contribution in [3.63, 3.8) is 0 Å². The zero-order chi connectivity index (χ0) is 13.0. The SMILES string of the molecule is C=C(OC)C1CCC(Oc2ccncc2N)CC1. The van der Waals surface area contributed by atoms with Gasteiger partial charge in [0.25, 0.3) is 0 Å². The molecule has 1 saturated carbocycles. The van der Waals surface area contributed by atoms with Crippen LogP contribution in [0.15, 0.2) is 30.8 Å². The van der Waals surface area contributed by atoms with E-state index >= 15 is 0 Å². The molecule has 2 rings (SSSR count). The smallest absolute Gasteiger partial charge is 0.145 e. The van der Waals surface area contributed by atoms with Crippen LogP contribution in [-0.4, -0.2) is 18.2 Å². The number of nitrogen functional groups attached to an aromatic ring is 1. The highest BCUT2D eigenvalue weighted by Crippen LogP contribution is 2.32. The van der Waals surface area contributed by atoms with Crippen LogP contribution in [0.1, 0.15) is 25.7 Å². The van der Waals surface area contributed by atoms with Gasteiger partial charge < -0.3 is 15.2 Å². The summed E-state index contributed by atoms with van der Waals surface area (Å²) in [6.45, 7) is 3.93. The van der Waals surface area contributed by atoms with Gasteiger partial charge in [0.1, 0.15) is 5.75 Å². The van der Waals surface area contributed by atoms with E-state index in [0.29, 0.717) is 11.6 Å². The van der Waals surface area contributed by atoms with Crippen LogP contribution < -0.4 is 10.5 Å². The number of nitrogens with zero attached hydrogens (tertiary/aromatic N) is 1. The monoisotopic (exact) mass is 248 g/mol. The summed E-state index contributed by atoms with van der Waals surface area (Å²) >= 11 is 0. The van der Waals surface area contributed by atoms with Crippen LogP contribution in [-0.2, 0) is 4.74 Å². The summed E-state index contributed by atoms with van der Waals surface area (Å²) in [6.07, 6.45) is 7.68. The van der Waals surface area contributed by atoms with E-state index in [1.165, 1.54) is 0 Å². The molecule has 0 radical (unpaired) electrons. The molecule has 1 aliphatic rings. The van der Waals surface area contributed by atoms with Gasteiger partial charge in [-0.2, -0.15) is 0 Å². The Bertz CT molecular complexity index is 412.